The number of ether oxygens (including phenoxy) is 1. The molecule has 0 saturated carbocycles. The summed E-state index contributed by atoms with van der Waals surface area (Å²) in [6, 6.07) is 2.54. The molecule has 0 amide bonds. The summed E-state index contributed by atoms with van der Waals surface area (Å²) >= 11 is 3.16. The van der Waals surface area contributed by atoms with Crippen molar-refractivity contribution in [1.82, 2.24) is 5.32 Å². The zero-order chi connectivity index (χ0) is 10.8. The number of rotatable bonds is 1. The first-order chi connectivity index (χ1) is 7.18. The molecule has 0 aliphatic carbocycles. The second-order valence-electron chi connectivity index (χ2n) is 3.41. The van der Waals surface area contributed by atoms with Crippen molar-refractivity contribution in [3.05, 3.63) is 28.0 Å². The molecule has 1 aliphatic rings. The average Bonchev–Trinajstić information content (AvgIpc) is 2.25. The lowest BCUT2D eigenvalue weighted by molar-refractivity contribution is 0.0757. The van der Waals surface area contributed by atoms with Crippen LogP contribution in [-0.4, -0.2) is 24.9 Å². The summed E-state index contributed by atoms with van der Waals surface area (Å²) in [6.45, 7) is 1.81. The van der Waals surface area contributed by atoms with Crippen molar-refractivity contribution in [1.29, 1.82) is 0 Å². The fourth-order valence-corrected chi connectivity index (χ4v) is 1.95. The van der Waals surface area contributed by atoms with Crippen LogP contribution in [0.4, 0.5) is 4.39 Å². The number of aromatic hydroxyl groups is 1. The van der Waals surface area contributed by atoms with Crippen molar-refractivity contribution in [2.45, 2.75) is 6.04 Å². The number of phenolic OH excluding ortho intramolecular Hbond substituents is 1. The third-order valence-electron chi connectivity index (χ3n) is 2.36. The number of halogens is 2. The SMILES string of the molecule is Oc1cc(F)c(C2COCCN2)cc1Br. The molecule has 0 aromatic heterocycles. The molecule has 82 valence electrons. The zero-order valence-electron chi connectivity index (χ0n) is 7.96. The Labute approximate surface area is 95.4 Å². The predicted octanol–water partition coefficient (Wildman–Crippen LogP) is 1.95. The molecule has 2 N–H and O–H groups in total. The smallest absolute Gasteiger partial charge is 0.132 e. The summed E-state index contributed by atoms with van der Waals surface area (Å²) in [4.78, 5) is 0. The minimum absolute atomic E-state index is 0.0898. The van der Waals surface area contributed by atoms with Crippen LogP contribution in [0, 0.1) is 5.82 Å². The zero-order valence-corrected chi connectivity index (χ0v) is 9.55. The maximum atomic E-state index is 13.5. The molecule has 0 radical (unpaired) electrons. The molecular weight excluding hydrogens is 265 g/mol. The molecule has 1 heterocycles. The van der Waals surface area contributed by atoms with Crippen molar-refractivity contribution in [2.75, 3.05) is 19.8 Å². The van der Waals surface area contributed by atoms with Crippen molar-refractivity contribution in [3.63, 3.8) is 0 Å². The standard InChI is InChI=1S/C10H11BrFNO2/c11-7-3-6(8(12)4-10(7)14)9-5-15-2-1-13-9/h3-4,9,13-14H,1-2,5H2. The van der Waals surface area contributed by atoms with Gasteiger partial charge in [-0.3, -0.25) is 0 Å². The van der Waals surface area contributed by atoms with Gasteiger partial charge in [0.05, 0.1) is 23.7 Å². The first kappa shape index (κ1) is 10.9. The van der Waals surface area contributed by atoms with Crippen LogP contribution in [0.1, 0.15) is 11.6 Å². The molecule has 15 heavy (non-hydrogen) atoms. The van der Waals surface area contributed by atoms with Crippen LogP contribution < -0.4 is 5.32 Å². The van der Waals surface area contributed by atoms with E-state index in [0.29, 0.717) is 29.8 Å². The Bertz CT molecular complexity index is 367. The van der Waals surface area contributed by atoms with E-state index in [2.05, 4.69) is 21.2 Å². The Hall–Kier alpha value is -0.650. The third-order valence-corrected chi connectivity index (χ3v) is 3.00. The van der Waals surface area contributed by atoms with E-state index >= 15 is 0 Å². The molecule has 1 fully saturated rings. The molecule has 1 aromatic carbocycles. The van der Waals surface area contributed by atoms with Gasteiger partial charge in [0.2, 0.25) is 0 Å². The van der Waals surface area contributed by atoms with Gasteiger partial charge in [-0.05, 0) is 22.0 Å². The summed E-state index contributed by atoms with van der Waals surface area (Å²) in [5.74, 6) is -0.508. The fraction of sp³-hybridized carbons (Fsp3) is 0.400. The van der Waals surface area contributed by atoms with Crippen LogP contribution in [-0.2, 0) is 4.74 Å². The Kier molecular flexibility index (Phi) is 3.23. The minimum atomic E-state index is -0.418. The van der Waals surface area contributed by atoms with E-state index in [1.165, 1.54) is 0 Å². The number of hydrogen-bond acceptors (Lipinski definition) is 3. The second kappa shape index (κ2) is 4.47. The van der Waals surface area contributed by atoms with Gasteiger partial charge in [0.1, 0.15) is 11.6 Å². The lowest BCUT2D eigenvalue weighted by Gasteiger charge is -2.24. The van der Waals surface area contributed by atoms with Crippen molar-refractivity contribution >= 4 is 15.9 Å². The second-order valence-corrected chi connectivity index (χ2v) is 4.26. The molecule has 1 atom stereocenters. The molecule has 1 unspecified atom stereocenters. The van der Waals surface area contributed by atoms with E-state index in [1.54, 1.807) is 6.07 Å². The molecule has 1 aliphatic heterocycles. The largest absolute Gasteiger partial charge is 0.507 e. The third kappa shape index (κ3) is 2.30. The maximum Gasteiger partial charge on any atom is 0.132 e. The molecular formula is C10H11BrFNO2. The maximum absolute atomic E-state index is 13.5. The molecule has 1 saturated heterocycles. The number of benzene rings is 1. The van der Waals surface area contributed by atoms with Crippen LogP contribution in [0.5, 0.6) is 5.75 Å². The average molecular weight is 276 g/mol. The first-order valence-electron chi connectivity index (χ1n) is 4.67. The highest BCUT2D eigenvalue weighted by Gasteiger charge is 2.20. The predicted molar refractivity (Wildman–Crippen MR) is 57.3 cm³/mol. The highest BCUT2D eigenvalue weighted by Crippen LogP contribution is 2.30. The van der Waals surface area contributed by atoms with E-state index in [0.717, 1.165) is 6.07 Å². The lowest BCUT2D eigenvalue weighted by atomic mass is 10.1. The Balaban J connectivity index is 2.30. The number of morpholine rings is 1. The van der Waals surface area contributed by atoms with Gasteiger partial charge in [0.25, 0.3) is 0 Å². The van der Waals surface area contributed by atoms with Crippen molar-refractivity contribution in [2.24, 2.45) is 0 Å². The summed E-state index contributed by atoms with van der Waals surface area (Å²) in [5, 5.41) is 12.4. The number of phenols is 1. The molecule has 0 spiro atoms. The van der Waals surface area contributed by atoms with Crippen molar-refractivity contribution < 1.29 is 14.2 Å². The van der Waals surface area contributed by atoms with Crippen LogP contribution in [0.25, 0.3) is 0 Å². The van der Waals surface area contributed by atoms with E-state index in [9.17, 15) is 9.50 Å². The molecule has 0 bridgehead atoms. The van der Waals surface area contributed by atoms with Crippen molar-refractivity contribution in [3.8, 4) is 5.75 Å². The van der Waals surface area contributed by atoms with Crippen LogP contribution in [0.3, 0.4) is 0 Å². The normalized spacial score (nSPS) is 21.6. The summed E-state index contributed by atoms with van der Waals surface area (Å²) in [7, 11) is 0. The summed E-state index contributed by atoms with van der Waals surface area (Å²) in [5.41, 5.74) is 0.513. The van der Waals surface area contributed by atoms with Crippen LogP contribution in [0.15, 0.2) is 16.6 Å². The van der Waals surface area contributed by atoms with Crippen LogP contribution >= 0.6 is 15.9 Å². The van der Waals surface area contributed by atoms with Gasteiger partial charge in [-0.2, -0.15) is 0 Å². The highest BCUT2D eigenvalue weighted by molar-refractivity contribution is 9.10. The Morgan fingerprint density at radius 1 is 1.53 bits per heavy atom. The summed E-state index contributed by atoms with van der Waals surface area (Å²) < 4.78 is 19.3. The Morgan fingerprint density at radius 3 is 3.00 bits per heavy atom. The lowest BCUT2D eigenvalue weighted by Crippen LogP contribution is -2.35. The molecule has 3 nitrogen and oxygen atoms in total. The van der Waals surface area contributed by atoms with E-state index in [-0.39, 0.29) is 11.8 Å². The first-order valence-corrected chi connectivity index (χ1v) is 5.47. The molecule has 2 rings (SSSR count). The number of nitrogens with one attached hydrogen (secondary N) is 1. The van der Waals surface area contributed by atoms with E-state index < -0.39 is 5.82 Å². The van der Waals surface area contributed by atoms with Gasteiger partial charge >= 0.3 is 0 Å². The number of hydrogen-bond donors (Lipinski definition) is 2. The minimum Gasteiger partial charge on any atom is -0.507 e. The topological polar surface area (TPSA) is 41.5 Å². The van der Waals surface area contributed by atoms with Gasteiger partial charge in [-0.25, -0.2) is 4.39 Å². The Morgan fingerprint density at radius 2 is 2.33 bits per heavy atom. The van der Waals surface area contributed by atoms with Gasteiger partial charge in [0, 0.05) is 18.2 Å². The fourth-order valence-electron chi connectivity index (χ4n) is 1.58. The van der Waals surface area contributed by atoms with Gasteiger partial charge < -0.3 is 15.2 Å². The molecule has 5 heteroatoms. The van der Waals surface area contributed by atoms with E-state index in [4.69, 9.17) is 4.74 Å². The van der Waals surface area contributed by atoms with Crippen LogP contribution in [0.2, 0.25) is 0 Å². The van der Waals surface area contributed by atoms with Gasteiger partial charge in [-0.1, -0.05) is 0 Å². The van der Waals surface area contributed by atoms with E-state index in [1.807, 2.05) is 0 Å². The monoisotopic (exact) mass is 275 g/mol. The van der Waals surface area contributed by atoms with Gasteiger partial charge in [-0.15, -0.1) is 0 Å². The summed E-state index contributed by atoms with van der Waals surface area (Å²) in [6.07, 6.45) is 0. The molecule has 1 aromatic rings. The highest BCUT2D eigenvalue weighted by atomic mass is 79.9. The quantitative estimate of drug-likeness (QED) is 0.823. The van der Waals surface area contributed by atoms with Gasteiger partial charge in [0.15, 0.2) is 0 Å².